The van der Waals surface area contributed by atoms with Crippen molar-refractivity contribution in [2.24, 2.45) is 0 Å². The van der Waals surface area contributed by atoms with Crippen LogP contribution in [0.1, 0.15) is 0 Å². The first-order valence-electron chi connectivity index (χ1n) is 20.4. The first-order chi connectivity index (χ1) is 29.8. The highest BCUT2D eigenvalue weighted by molar-refractivity contribution is 6.25. The molecule has 0 saturated carbocycles. The van der Waals surface area contributed by atoms with E-state index in [1.165, 1.54) is 32.3 Å². The van der Waals surface area contributed by atoms with Crippen LogP contribution in [-0.2, 0) is 0 Å². The largest absolute Gasteiger partial charge is 0.311 e. The maximum absolute atomic E-state index is 5.62. The lowest BCUT2D eigenvalue weighted by atomic mass is 9.92. The molecule has 0 N–H and O–H groups in total. The zero-order valence-corrected chi connectivity index (χ0v) is 32.6. The number of fused-ring (bicyclic) bond motifs is 9. The summed E-state index contributed by atoms with van der Waals surface area (Å²) in [5, 5.41) is 11.6. The highest BCUT2D eigenvalue weighted by Crippen LogP contribution is 2.44. The molecule has 12 aromatic rings. The minimum Gasteiger partial charge on any atom is -0.311 e. The van der Waals surface area contributed by atoms with E-state index in [9.17, 15) is 0 Å². The molecule has 2 heterocycles. The van der Waals surface area contributed by atoms with Gasteiger partial charge in [0.2, 0.25) is 0 Å². The zero-order chi connectivity index (χ0) is 39.6. The Morgan fingerprint density at radius 3 is 1.47 bits per heavy atom. The topological polar surface area (TPSA) is 34.0 Å². The minimum absolute atomic E-state index is 0.861. The van der Waals surface area contributed by atoms with Crippen molar-refractivity contribution in [3.63, 3.8) is 0 Å². The first kappa shape index (κ1) is 34.0. The van der Waals surface area contributed by atoms with E-state index in [1.54, 1.807) is 0 Å². The molecule has 0 saturated heterocycles. The summed E-state index contributed by atoms with van der Waals surface area (Å²) in [7, 11) is 0. The molecule has 0 fully saturated rings. The van der Waals surface area contributed by atoms with E-state index < -0.39 is 0 Å². The third kappa shape index (κ3) is 5.32. The molecule has 4 heteroatoms. The molecule has 0 aliphatic heterocycles. The Balaban J connectivity index is 1.14. The van der Waals surface area contributed by atoms with Crippen molar-refractivity contribution in [3.8, 4) is 28.3 Å². The highest BCUT2D eigenvalue weighted by Gasteiger charge is 2.24. The summed E-state index contributed by atoms with van der Waals surface area (Å²) in [6.45, 7) is 0. The Morgan fingerprint density at radius 2 is 0.850 bits per heavy atom. The van der Waals surface area contributed by atoms with Gasteiger partial charge in [-0.15, -0.1) is 0 Å². The van der Waals surface area contributed by atoms with Gasteiger partial charge in [-0.25, -0.2) is 4.98 Å². The summed E-state index contributed by atoms with van der Waals surface area (Å²) in [5.41, 5.74) is 9.39. The fourth-order valence-electron chi connectivity index (χ4n) is 9.32. The van der Waals surface area contributed by atoms with E-state index in [0.29, 0.717) is 0 Å². The molecular weight excluding hydrogens is 729 g/mol. The Kier molecular flexibility index (Phi) is 7.82. The van der Waals surface area contributed by atoms with Crippen molar-refractivity contribution >= 4 is 82.0 Å². The predicted molar refractivity (Wildman–Crippen MR) is 252 cm³/mol. The van der Waals surface area contributed by atoms with Crippen molar-refractivity contribution in [1.29, 1.82) is 0 Å². The van der Waals surface area contributed by atoms with Crippen molar-refractivity contribution in [2.75, 3.05) is 4.90 Å². The van der Waals surface area contributed by atoms with E-state index in [2.05, 4.69) is 228 Å². The number of anilines is 3. The normalized spacial score (nSPS) is 11.7. The predicted octanol–water partition coefficient (Wildman–Crippen LogP) is 15.0. The van der Waals surface area contributed by atoms with E-state index in [0.717, 1.165) is 78.0 Å². The van der Waals surface area contributed by atoms with Crippen molar-refractivity contribution in [2.45, 2.75) is 0 Å². The van der Waals surface area contributed by atoms with E-state index >= 15 is 0 Å². The van der Waals surface area contributed by atoms with Crippen LogP contribution in [-0.4, -0.2) is 14.5 Å². The van der Waals surface area contributed by atoms with Gasteiger partial charge in [-0.1, -0.05) is 158 Å². The number of hydrogen-bond donors (Lipinski definition) is 0. The summed E-state index contributed by atoms with van der Waals surface area (Å²) < 4.78 is 2.37. The molecular formula is C56H36N4. The van der Waals surface area contributed by atoms with Crippen LogP contribution < -0.4 is 4.90 Å². The maximum Gasteiger partial charge on any atom is 0.145 e. The number of aromatic nitrogens is 3. The molecule has 4 nitrogen and oxygen atoms in total. The van der Waals surface area contributed by atoms with E-state index in [4.69, 9.17) is 9.97 Å². The number of rotatable bonds is 6. The SMILES string of the molecule is c1ccc(N(c2ccccc2)c2ccc(-c3nc4c5ccccc5c5ccccc5c4n3-c3cnc(-c4c5ccccc5cc5ccccc45)c4ccccc34)cc2)cc1. The van der Waals surface area contributed by atoms with Crippen LogP contribution >= 0.6 is 0 Å². The van der Waals surface area contributed by atoms with Gasteiger partial charge in [0, 0.05) is 49.7 Å². The lowest BCUT2D eigenvalue weighted by Crippen LogP contribution is -2.09. The molecule has 2 aromatic heterocycles. The monoisotopic (exact) mass is 764 g/mol. The van der Waals surface area contributed by atoms with Crippen LogP contribution in [0, 0.1) is 0 Å². The Hall–Kier alpha value is -8.08. The van der Waals surface area contributed by atoms with Crippen LogP contribution in [0.2, 0.25) is 0 Å². The summed E-state index contributed by atoms with van der Waals surface area (Å²) in [4.78, 5) is 13.4. The van der Waals surface area contributed by atoms with Crippen LogP contribution in [0.3, 0.4) is 0 Å². The molecule has 0 aliphatic rings. The molecule has 280 valence electrons. The fraction of sp³-hybridized carbons (Fsp3) is 0. The molecule has 60 heavy (non-hydrogen) atoms. The van der Waals surface area contributed by atoms with Gasteiger partial charge in [-0.05, 0) is 86.9 Å². The Labute approximate surface area is 346 Å². The van der Waals surface area contributed by atoms with Gasteiger partial charge in [0.1, 0.15) is 5.82 Å². The molecule has 0 bridgehead atoms. The molecule has 0 unspecified atom stereocenters. The van der Waals surface area contributed by atoms with Gasteiger partial charge < -0.3 is 4.90 Å². The average Bonchev–Trinajstić information content (AvgIpc) is 3.73. The van der Waals surface area contributed by atoms with Gasteiger partial charge in [0.25, 0.3) is 0 Å². The molecule has 10 aromatic carbocycles. The second-order valence-electron chi connectivity index (χ2n) is 15.3. The average molecular weight is 765 g/mol. The third-order valence-corrected chi connectivity index (χ3v) is 12.0. The van der Waals surface area contributed by atoms with E-state index in [1.807, 2.05) is 0 Å². The number of imidazole rings is 1. The summed E-state index contributed by atoms with van der Waals surface area (Å²) in [5.74, 6) is 0.861. The molecule has 12 rings (SSSR count). The summed E-state index contributed by atoms with van der Waals surface area (Å²) in [6.07, 6.45) is 2.07. The molecule has 0 amide bonds. The number of para-hydroxylation sites is 2. The van der Waals surface area contributed by atoms with Crippen LogP contribution in [0.5, 0.6) is 0 Å². The van der Waals surface area contributed by atoms with Crippen molar-refractivity contribution < 1.29 is 0 Å². The molecule has 0 radical (unpaired) electrons. The summed E-state index contributed by atoms with van der Waals surface area (Å²) >= 11 is 0. The zero-order valence-electron chi connectivity index (χ0n) is 32.6. The van der Waals surface area contributed by atoms with Crippen LogP contribution in [0.15, 0.2) is 219 Å². The standard InChI is InChI=1S/C56H36N4/c1-3-19-40(20-4-1)59(41-21-5-2-6-22-41)42-33-31-37(32-34-42)56-58-54-48-28-14-11-25-45(48)46-26-12-16-30-50(46)55(54)60(56)51-36-57-53(49-29-15-13-27-47(49)51)52-43-23-9-7-17-38(43)35-39-18-8-10-24-44(39)52/h1-36H. The van der Waals surface area contributed by atoms with Gasteiger partial charge in [-0.3, -0.25) is 9.55 Å². The fourth-order valence-corrected chi connectivity index (χ4v) is 9.32. The molecule has 0 aliphatic carbocycles. The van der Waals surface area contributed by atoms with Crippen molar-refractivity contribution in [1.82, 2.24) is 14.5 Å². The minimum atomic E-state index is 0.861. The second kappa shape index (κ2) is 13.8. The second-order valence-corrected chi connectivity index (χ2v) is 15.3. The van der Waals surface area contributed by atoms with Gasteiger partial charge in [0.05, 0.1) is 28.6 Å². The lowest BCUT2D eigenvalue weighted by molar-refractivity contribution is 1.10. The van der Waals surface area contributed by atoms with Crippen LogP contribution in [0.25, 0.3) is 93.2 Å². The number of nitrogens with zero attached hydrogens (tertiary/aromatic N) is 4. The lowest BCUT2D eigenvalue weighted by Gasteiger charge is -2.25. The first-order valence-corrected chi connectivity index (χ1v) is 20.4. The number of pyridine rings is 1. The molecule has 0 spiro atoms. The Bertz CT molecular complexity index is 3500. The van der Waals surface area contributed by atoms with Crippen molar-refractivity contribution in [3.05, 3.63) is 219 Å². The van der Waals surface area contributed by atoms with Gasteiger partial charge in [0.15, 0.2) is 0 Å². The maximum atomic E-state index is 5.62. The van der Waals surface area contributed by atoms with Gasteiger partial charge >= 0.3 is 0 Å². The molecule has 0 atom stereocenters. The number of benzene rings is 10. The quantitative estimate of drug-likeness (QED) is 0.125. The Morgan fingerprint density at radius 1 is 0.383 bits per heavy atom. The number of hydrogen-bond acceptors (Lipinski definition) is 3. The highest BCUT2D eigenvalue weighted by atomic mass is 15.1. The van der Waals surface area contributed by atoms with Crippen LogP contribution in [0.4, 0.5) is 17.1 Å². The smallest absolute Gasteiger partial charge is 0.145 e. The van der Waals surface area contributed by atoms with Gasteiger partial charge in [-0.2, -0.15) is 0 Å². The summed E-state index contributed by atoms with van der Waals surface area (Å²) in [6, 6.07) is 75.6. The van der Waals surface area contributed by atoms with E-state index in [-0.39, 0.29) is 0 Å². The third-order valence-electron chi connectivity index (χ3n) is 12.0.